The van der Waals surface area contributed by atoms with E-state index in [0.29, 0.717) is 24.0 Å². The maximum absolute atomic E-state index is 6.16. The van der Waals surface area contributed by atoms with Gasteiger partial charge in [-0.3, -0.25) is 4.68 Å². The van der Waals surface area contributed by atoms with Crippen LogP contribution in [-0.4, -0.2) is 14.8 Å². The lowest BCUT2D eigenvalue weighted by Crippen LogP contribution is -2.15. The van der Waals surface area contributed by atoms with Crippen molar-refractivity contribution in [3.8, 4) is 0 Å². The van der Waals surface area contributed by atoms with E-state index in [4.69, 9.17) is 16.0 Å². The van der Waals surface area contributed by atoms with Gasteiger partial charge in [0.05, 0.1) is 29.2 Å². The molecule has 2 aromatic heterocycles. The SMILES string of the molecule is CCc1cnc(CNCc2c(Cl)c(C)nn2C)o1. The van der Waals surface area contributed by atoms with Gasteiger partial charge in [0.2, 0.25) is 5.89 Å². The van der Waals surface area contributed by atoms with Crippen LogP contribution >= 0.6 is 11.6 Å². The molecule has 0 saturated heterocycles. The Morgan fingerprint density at radius 1 is 1.44 bits per heavy atom. The Morgan fingerprint density at radius 2 is 2.22 bits per heavy atom. The average molecular weight is 269 g/mol. The maximum atomic E-state index is 6.16. The number of aromatic nitrogens is 3. The van der Waals surface area contributed by atoms with Crippen LogP contribution in [0.4, 0.5) is 0 Å². The second-order valence-corrected chi connectivity index (χ2v) is 4.53. The minimum absolute atomic E-state index is 0.584. The van der Waals surface area contributed by atoms with E-state index in [1.54, 1.807) is 10.9 Å². The Balaban J connectivity index is 1.92. The van der Waals surface area contributed by atoms with Crippen molar-refractivity contribution < 1.29 is 4.42 Å². The third-order valence-electron chi connectivity index (χ3n) is 2.78. The van der Waals surface area contributed by atoms with Gasteiger partial charge in [0, 0.05) is 20.0 Å². The van der Waals surface area contributed by atoms with Crippen LogP contribution in [0.25, 0.3) is 0 Å². The van der Waals surface area contributed by atoms with E-state index in [9.17, 15) is 0 Å². The lowest BCUT2D eigenvalue weighted by Gasteiger charge is -2.03. The van der Waals surface area contributed by atoms with Crippen LogP contribution in [0, 0.1) is 6.92 Å². The van der Waals surface area contributed by atoms with Gasteiger partial charge in [0.15, 0.2) is 0 Å². The predicted octanol–water partition coefficient (Wildman–Crippen LogP) is 2.22. The topological polar surface area (TPSA) is 55.9 Å². The molecule has 0 aliphatic rings. The molecule has 5 nitrogen and oxygen atoms in total. The first-order valence-corrected chi connectivity index (χ1v) is 6.31. The minimum atomic E-state index is 0.584. The maximum Gasteiger partial charge on any atom is 0.208 e. The summed E-state index contributed by atoms with van der Waals surface area (Å²) in [6, 6.07) is 0. The summed E-state index contributed by atoms with van der Waals surface area (Å²) in [4.78, 5) is 4.18. The van der Waals surface area contributed by atoms with Gasteiger partial charge in [-0.25, -0.2) is 4.98 Å². The van der Waals surface area contributed by atoms with Crippen LogP contribution in [0.1, 0.15) is 30.0 Å². The number of oxazole rings is 1. The molecule has 0 unspecified atom stereocenters. The van der Waals surface area contributed by atoms with Gasteiger partial charge in [-0.05, 0) is 6.92 Å². The zero-order valence-electron chi connectivity index (χ0n) is 10.8. The van der Waals surface area contributed by atoms with Crippen molar-refractivity contribution in [3.05, 3.63) is 34.3 Å². The Morgan fingerprint density at radius 3 is 2.78 bits per heavy atom. The Kier molecular flexibility index (Phi) is 4.04. The number of halogens is 1. The molecule has 1 N–H and O–H groups in total. The summed E-state index contributed by atoms with van der Waals surface area (Å²) in [5.41, 5.74) is 1.82. The molecule has 0 amide bonds. The monoisotopic (exact) mass is 268 g/mol. The Bertz CT molecular complexity index is 532. The molecule has 2 aromatic rings. The van der Waals surface area contributed by atoms with E-state index < -0.39 is 0 Å². The number of nitrogens with zero attached hydrogens (tertiary/aromatic N) is 3. The second-order valence-electron chi connectivity index (χ2n) is 4.15. The Hall–Kier alpha value is -1.33. The van der Waals surface area contributed by atoms with Crippen LogP contribution in [0.5, 0.6) is 0 Å². The fourth-order valence-electron chi connectivity index (χ4n) is 1.75. The van der Waals surface area contributed by atoms with Crippen LogP contribution in [0.15, 0.2) is 10.6 Å². The van der Waals surface area contributed by atoms with Gasteiger partial charge >= 0.3 is 0 Å². The highest BCUT2D eigenvalue weighted by Crippen LogP contribution is 2.19. The molecule has 0 spiro atoms. The molecular formula is C12H17ClN4O. The highest BCUT2D eigenvalue weighted by molar-refractivity contribution is 6.31. The first-order valence-electron chi connectivity index (χ1n) is 5.94. The summed E-state index contributed by atoms with van der Waals surface area (Å²) < 4.78 is 7.30. The summed E-state index contributed by atoms with van der Waals surface area (Å²) >= 11 is 6.16. The smallest absolute Gasteiger partial charge is 0.208 e. The van der Waals surface area contributed by atoms with E-state index in [2.05, 4.69) is 15.4 Å². The van der Waals surface area contributed by atoms with Crippen molar-refractivity contribution in [2.24, 2.45) is 7.05 Å². The fourth-order valence-corrected chi connectivity index (χ4v) is 1.98. The van der Waals surface area contributed by atoms with E-state index in [0.717, 1.165) is 23.6 Å². The van der Waals surface area contributed by atoms with E-state index in [1.165, 1.54) is 0 Å². The largest absolute Gasteiger partial charge is 0.444 e. The van der Waals surface area contributed by atoms with Crippen LogP contribution in [-0.2, 0) is 26.6 Å². The molecule has 0 atom stereocenters. The number of nitrogens with one attached hydrogen (secondary N) is 1. The van der Waals surface area contributed by atoms with E-state index in [-0.39, 0.29) is 0 Å². The average Bonchev–Trinajstić information content (AvgIpc) is 2.89. The summed E-state index contributed by atoms with van der Waals surface area (Å²) in [5.74, 6) is 1.60. The highest BCUT2D eigenvalue weighted by atomic mass is 35.5. The van der Waals surface area contributed by atoms with E-state index >= 15 is 0 Å². The van der Waals surface area contributed by atoms with Crippen molar-refractivity contribution in [3.63, 3.8) is 0 Å². The summed E-state index contributed by atoms with van der Waals surface area (Å²) in [5, 5.41) is 8.22. The third-order valence-corrected chi connectivity index (χ3v) is 3.27. The van der Waals surface area contributed by atoms with Gasteiger partial charge in [-0.15, -0.1) is 0 Å². The summed E-state index contributed by atoms with van der Waals surface area (Å²) in [7, 11) is 1.89. The Labute approximate surface area is 111 Å². The van der Waals surface area contributed by atoms with Crippen LogP contribution in [0.2, 0.25) is 5.02 Å². The molecule has 0 aliphatic carbocycles. The molecule has 2 heterocycles. The van der Waals surface area contributed by atoms with Crippen molar-refractivity contribution >= 4 is 11.6 Å². The minimum Gasteiger partial charge on any atom is -0.444 e. The van der Waals surface area contributed by atoms with Crippen molar-refractivity contribution in [2.75, 3.05) is 0 Å². The lowest BCUT2D eigenvalue weighted by atomic mass is 10.3. The lowest BCUT2D eigenvalue weighted by molar-refractivity contribution is 0.436. The van der Waals surface area contributed by atoms with Crippen molar-refractivity contribution in [1.29, 1.82) is 0 Å². The molecular weight excluding hydrogens is 252 g/mol. The number of hydrogen-bond acceptors (Lipinski definition) is 4. The van der Waals surface area contributed by atoms with Gasteiger partial charge in [0.1, 0.15) is 5.76 Å². The van der Waals surface area contributed by atoms with Gasteiger partial charge < -0.3 is 9.73 Å². The highest BCUT2D eigenvalue weighted by Gasteiger charge is 2.10. The molecule has 0 radical (unpaired) electrons. The summed E-state index contributed by atoms with van der Waals surface area (Å²) in [6.45, 7) is 5.16. The van der Waals surface area contributed by atoms with Crippen LogP contribution in [0.3, 0.4) is 0 Å². The number of aryl methyl sites for hydroxylation is 3. The van der Waals surface area contributed by atoms with Gasteiger partial charge in [0.25, 0.3) is 0 Å². The first-order chi connectivity index (χ1) is 8.61. The normalized spacial score (nSPS) is 11.1. The second kappa shape index (κ2) is 5.54. The quantitative estimate of drug-likeness (QED) is 0.903. The molecule has 0 saturated carbocycles. The van der Waals surface area contributed by atoms with Gasteiger partial charge in [-0.1, -0.05) is 18.5 Å². The summed E-state index contributed by atoms with van der Waals surface area (Å²) in [6.07, 6.45) is 2.62. The molecule has 6 heteroatoms. The zero-order chi connectivity index (χ0) is 13.1. The molecule has 0 aromatic carbocycles. The number of hydrogen-bond donors (Lipinski definition) is 1. The zero-order valence-corrected chi connectivity index (χ0v) is 11.6. The predicted molar refractivity (Wildman–Crippen MR) is 69.4 cm³/mol. The first kappa shape index (κ1) is 13.1. The fraction of sp³-hybridized carbons (Fsp3) is 0.500. The number of rotatable bonds is 5. The van der Waals surface area contributed by atoms with Crippen LogP contribution < -0.4 is 5.32 Å². The molecule has 18 heavy (non-hydrogen) atoms. The third kappa shape index (κ3) is 2.73. The van der Waals surface area contributed by atoms with Crippen molar-refractivity contribution in [1.82, 2.24) is 20.1 Å². The molecule has 0 bridgehead atoms. The molecule has 0 fully saturated rings. The molecule has 2 rings (SSSR count). The van der Waals surface area contributed by atoms with Gasteiger partial charge in [-0.2, -0.15) is 5.10 Å². The van der Waals surface area contributed by atoms with E-state index in [1.807, 2.05) is 20.9 Å². The van der Waals surface area contributed by atoms with Crippen molar-refractivity contribution in [2.45, 2.75) is 33.4 Å². The molecule has 0 aliphatic heterocycles. The molecule has 98 valence electrons. The standard InChI is InChI=1S/C12H17ClN4O/c1-4-9-5-15-11(18-9)7-14-6-10-12(13)8(2)16-17(10)3/h5,14H,4,6-7H2,1-3H3.